The molecule has 0 aliphatic heterocycles. The summed E-state index contributed by atoms with van der Waals surface area (Å²) < 4.78 is 5.31. The molecule has 0 aliphatic rings. The van der Waals surface area contributed by atoms with E-state index in [1.54, 1.807) is 30.3 Å². The summed E-state index contributed by atoms with van der Waals surface area (Å²) in [5, 5.41) is 38.6. The lowest BCUT2D eigenvalue weighted by Crippen LogP contribution is -2.53. The molecule has 0 radical (unpaired) electrons. The molecule has 0 amide bonds. The number of aliphatic carboxylic acids is 1. The highest BCUT2D eigenvalue weighted by molar-refractivity contribution is 5.89. The number of benzene rings is 2. The number of carboxylic acid groups (broad SMARTS) is 1. The number of ether oxygens (including phenoxy) is 1. The Kier molecular flexibility index (Phi) is 6.04. The van der Waals surface area contributed by atoms with Crippen molar-refractivity contribution in [3.8, 4) is 11.5 Å². The number of hydrogen-bond acceptors (Lipinski definition) is 7. The van der Waals surface area contributed by atoms with Crippen LogP contribution in [0.1, 0.15) is 35.2 Å². The van der Waals surface area contributed by atoms with Crippen molar-refractivity contribution in [1.29, 1.82) is 0 Å². The van der Waals surface area contributed by atoms with Gasteiger partial charge in [0, 0.05) is 5.92 Å². The molecule has 6 N–H and O–H groups in total. The fraction of sp³-hybridized carbons (Fsp3) is 0.263. The number of carboxylic acids is 1. The molecule has 144 valence electrons. The van der Waals surface area contributed by atoms with E-state index >= 15 is 0 Å². The van der Waals surface area contributed by atoms with Gasteiger partial charge in [0.05, 0.1) is 5.56 Å². The minimum Gasteiger partial charge on any atom is -0.504 e. The van der Waals surface area contributed by atoms with Gasteiger partial charge < -0.3 is 25.2 Å². The number of phenols is 2. The predicted molar refractivity (Wildman–Crippen MR) is 95.2 cm³/mol. The standard InChI is InChI=1S/C19H21NO7/c1-11(27-17(23)12-5-3-2-4-6-12)9-14(19(20,26)18(24)25)13-7-8-15(21)16(22)10-13/h2-8,10-11,14,21-22,26H,9,20H2,1H3,(H,24,25)/t11-,14?,19?/m0/s1. The first-order valence-electron chi connectivity index (χ1n) is 8.15. The molecule has 0 bridgehead atoms. The minimum atomic E-state index is -2.68. The number of rotatable bonds is 7. The van der Waals surface area contributed by atoms with Crippen LogP contribution in [0.25, 0.3) is 0 Å². The van der Waals surface area contributed by atoms with Crippen LogP contribution < -0.4 is 5.73 Å². The van der Waals surface area contributed by atoms with Gasteiger partial charge >= 0.3 is 11.9 Å². The number of aromatic hydroxyl groups is 2. The Bertz CT molecular complexity index is 820. The van der Waals surface area contributed by atoms with Crippen molar-refractivity contribution >= 4 is 11.9 Å². The maximum Gasteiger partial charge on any atom is 0.351 e. The van der Waals surface area contributed by atoms with Crippen molar-refractivity contribution < 1.29 is 34.8 Å². The lowest BCUT2D eigenvalue weighted by atomic mass is 9.84. The van der Waals surface area contributed by atoms with E-state index in [1.165, 1.54) is 13.0 Å². The average molecular weight is 375 g/mol. The number of aliphatic hydroxyl groups is 1. The SMILES string of the molecule is C[C@@H](CC(c1ccc(O)c(O)c1)C(N)(O)C(=O)O)OC(=O)c1ccccc1. The zero-order valence-corrected chi connectivity index (χ0v) is 14.6. The second kappa shape index (κ2) is 8.07. The van der Waals surface area contributed by atoms with Crippen LogP contribution in [0.2, 0.25) is 0 Å². The van der Waals surface area contributed by atoms with Crippen LogP contribution in [0.5, 0.6) is 11.5 Å². The molecule has 2 aromatic carbocycles. The number of carbonyl (C=O) groups excluding carboxylic acids is 1. The van der Waals surface area contributed by atoms with Crippen LogP contribution in [0, 0.1) is 0 Å². The highest BCUT2D eigenvalue weighted by Gasteiger charge is 2.42. The number of hydrogen-bond donors (Lipinski definition) is 5. The first kappa shape index (κ1) is 20.2. The fourth-order valence-electron chi connectivity index (χ4n) is 2.68. The third-order valence-electron chi connectivity index (χ3n) is 4.16. The highest BCUT2D eigenvalue weighted by Crippen LogP contribution is 2.35. The second-order valence-electron chi connectivity index (χ2n) is 6.25. The van der Waals surface area contributed by atoms with Crippen molar-refractivity contribution in [2.24, 2.45) is 5.73 Å². The summed E-state index contributed by atoms with van der Waals surface area (Å²) >= 11 is 0. The molecule has 27 heavy (non-hydrogen) atoms. The highest BCUT2D eigenvalue weighted by atomic mass is 16.5. The van der Waals surface area contributed by atoms with E-state index in [2.05, 4.69) is 0 Å². The zero-order chi connectivity index (χ0) is 20.2. The van der Waals surface area contributed by atoms with E-state index in [1.807, 2.05) is 0 Å². The van der Waals surface area contributed by atoms with Crippen molar-refractivity contribution in [2.75, 3.05) is 0 Å². The van der Waals surface area contributed by atoms with Crippen LogP contribution in [-0.2, 0) is 9.53 Å². The van der Waals surface area contributed by atoms with E-state index in [0.717, 1.165) is 12.1 Å². The summed E-state index contributed by atoms with van der Waals surface area (Å²) in [5.74, 6) is -4.41. The van der Waals surface area contributed by atoms with Gasteiger partial charge in [-0.2, -0.15) is 0 Å². The molecule has 0 saturated heterocycles. The van der Waals surface area contributed by atoms with Gasteiger partial charge in [-0.25, -0.2) is 9.59 Å². The molecule has 0 fully saturated rings. The Balaban J connectivity index is 2.24. The van der Waals surface area contributed by atoms with Crippen molar-refractivity contribution in [1.82, 2.24) is 0 Å². The van der Waals surface area contributed by atoms with Crippen molar-refractivity contribution in [2.45, 2.75) is 31.1 Å². The maximum absolute atomic E-state index is 12.2. The van der Waals surface area contributed by atoms with E-state index < -0.39 is 41.2 Å². The third-order valence-corrected chi connectivity index (χ3v) is 4.16. The number of carbonyl (C=O) groups is 2. The van der Waals surface area contributed by atoms with Gasteiger partial charge in [0.25, 0.3) is 0 Å². The van der Waals surface area contributed by atoms with Gasteiger partial charge in [-0.3, -0.25) is 5.73 Å². The second-order valence-corrected chi connectivity index (χ2v) is 6.25. The summed E-state index contributed by atoms with van der Waals surface area (Å²) in [6, 6.07) is 11.8. The van der Waals surface area contributed by atoms with Crippen LogP contribution in [-0.4, -0.2) is 44.2 Å². The molecular weight excluding hydrogens is 354 g/mol. The summed E-state index contributed by atoms with van der Waals surface area (Å²) in [7, 11) is 0. The van der Waals surface area contributed by atoms with Crippen LogP contribution in [0.3, 0.4) is 0 Å². The Morgan fingerprint density at radius 3 is 2.30 bits per heavy atom. The molecule has 2 unspecified atom stereocenters. The molecule has 0 aliphatic carbocycles. The molecule has 8 nitrogen and oxygen atoms in total. The molecule has 0 heterocycles. The molecule has 0 spiro atoms. The smallest absolute Gasteiger partial charge is 0.351 e. The molecule has 0 aromatic heterocycles. The largest absolute Gasteiger partial charge is 0.504 e. The lowest BCUT2D eigenvalue weighted by Gasteiger charge is -2.31. The Morgan fingerprint density at radius 1 is 1.11 bits per heavy atom. The monoisotopic (exact) mass is 375 g/mol. The lowest BCUT2D eigenvalue weighted by molar-refractivity contribution is -0.161. The van der Waals surface area contributed by atoms with Gasteiger partial charge in [-0.1, -0.05) is 24.3 Å². The van der Waals surface area contributed by atoms with Crippen molar-refractivity contribution in [3.63, 3.8) is 0 Å². The van der Waals surface area contributed by atoms with Crippen LogP contribution in [0.4, 0.5) is 0 Å². The molecule has 2 aromatic rings. The van der Waals surface area contributed by atoms with Crippen molar-refractivity contribution in [3.05, 3.63) is 59.7 Å². The fourth-order valence-corrected chi connectivity index (χ4v) is 2.68. The molecule has 3 atom stereocenters. The number of esters is 1. The summed E-state index contributed by atoms with van der Waals surface area (Å²) in [5.41, 5.74) is 3.39. The molecular formula is C19H21NO7. The van der Waals surface area contributed by atoms with Gasteiger partial charge in [-0.05, 0) is 43.2 Å². The topological polar surface area (TPSA) is 150 Å². The van der Waals surface area contributed by atoms with Gasteiger partial charge in [0.2, 0.25) is 5.72 Å². The van der Waals surface area contributed by atoms with Gasteiger partial charge in [-0.15, -0.1) is 0 Å². The van der Waals surface area contributed by atoms with Gasteiger partial charge in [0.1, 0.15) is 6.10 Å². The van der Waals surface area contributed by atoms with Crippen LogP contribution in [0.15, 0.2) is 48.5 Å². The Labute approximate surface area is 155 Å². The quantitative estimate of drug-likeness (QED) is 0.278. The van der Waals surface area contributed by atoms with Crippen LogP contribution >= 0.6 is 0 Å². The molecule has 8 heteroatoms. The summed E-state index contributed by atoms with van der Waals surface area (Å²) in [4.78, 5) is 23.6. The molecule has 0 saturated carbocycles. The summed E-state index contributed by atoms with van der Waals surface area (Å²) in [6.07, 6.45) is -0.935. The van der Waals surface area contributed by atoms with E-state index in [0.29, 0.717) is 5.56 Å². The Hall–Kier alpha value is -3.10. The minimum absolute atomic E-state index is 0.137. The predicted octanol–water partition coefficient (Wildman–Crippen LogP) is 1.55. The molecule has 2 rings (SSSR count). The van der Waals surface area contributed by atoms with E-state index in [-0.39, 0.29) is 12.0 Å². The number of nitrogens with two attached hydrogens (primary N) is 1. The maximum atomic E-state index is 12.2. The third kappa shape index (κ3) is 4.75. The normalized spacial score (nSPS) is 15.4. The van der Waals surface area contributed by atoms with E-state index in [9.17, 15) is 30.0 Å². The number of phenolic OH excluding ortho intramolecular Hbond substituents is 2. The average Bonchev–Trinajstić information content (AvgIpc) is 2.62. The zero-order valence-electron chi connectivity index (χ0n) is 14.6. The first-order chi connectivity index (χ1) is 12.6. The first-order valence-corrected chi connectivity index (χ1v) is 8.15. The Morgan fingerprint density at radius 2 is 1.74 bits per heavy atom. The summed E-state index contributed by atoms with van der Waals surface area (Å²) in [6.45, 7) is 1.53. The van der Waals surface area contributed by atoms with E-state index in [4.69, 9.17) is 10.5 Å². The van der Waals surface area contributed by atoms with Gasteiger partial charge in [0.15, 0.2) is 11.5 Å².